The third-order valence-electron chi connectivity index (χ3n) is 9.04. The van der Waals surface area contributed by atoms with E-state index in [1.807, 2.05) is 60.7 Å². The molecule has 0 aliphatic carbocycles. The van der Waals surface area contributed by atoms with E-state index < -0.39 is 0 Å². The summed E-state index contributed by atoms with van der Waals surface area (Å²) in [6, 6.07) is 19.6. The first-order chi connectivity index (χ1) is 17.9. The van der Waals surface area contributed by atoms with Gasteiger partial charge in [-0.15, -0.1) is 0 Å². The third kappa shape index (κ3) is 7.85. The molecule has 0 radical (unpaired) electrons. The highest BCUT2D eigenvalue weighted by atomic mass is 16.1. The maximum atomic E-state index is 14.0. The number of hydrogen-bond donors (Lipinski definition) is 0. The van der Waals surface area contributed by atoms with E-state index >= 15 is 0 Å². The lowest BCUT2D eigenvalue weighted by atomic mass is 9.83. The molecule has 0 spiro atoms. The number of Topliss-reactive ketones (excluding diaryl/α,β-unsaturated/α-hetero) is 2. The van der Waals surface area contributed by atoms with Crippen molar-refractivity contribution < 1.29 is 18.6 Å². The van der Waals surface area contributed by atoms with Crippen LogP contribution >= 0.6 is 0 Å². The summed E-state index contributed by atoms with van der Waals surface area (Å²) in [4.78, 5) is 28.1. The molecule has 4 heteroatoms. The average molecular weight is 505 g/mol. The van der Waals surface area contributed by atoms with Crippen molar-refractivity contribution in [3.8, 4) is 0 Å². The number of nitrogens with zero attached hydrogens (tertiary/aromatic N) is 2. The Balaban J connectivity index is 1.65. The first-order valence-electron chi connectivity index (χ1n) is 14.7. The molecule has 2 aromatic rings. The molecule has 200 valence electrons. The zero-order chi connectivity index (χ0) is 26.1. The summed E-state index contributed by atoms with van der Waals surface area (Å²) in [7, 11) is 4.68. The molecule has 2 heterocycles. The average Bonchev–Trinajstić information content (AvgIpc) is 3.27. The number of ketones is 2. The van der Waals surface area contributed by atoms with Gasteiger partial charge in [-0.05, 0) is 57.8 Å². The van der Waals surface area contributed by atoms with Crippen molar-refractivity contribution in [3.05, 3.63) is 71.8 Å². The van der Waals surface area contributed by atoms with Crippen LogP contribution in [-0.2, 0) is 0 Å². The van der Waals surface area contributed by atoms with Crippen molar-refractivity contribution >= 4 is 11.6 Å². The molecule has 0 aromatic heterocycles. The number of benzene rings is 2. The Morgan fingerprint density at radius 1 is 0.568 bits per heavy atom. The van der Waals surface area contributed by atoms with Gasteiger partial charge in [0.1, 0.15) is 0 Å². The van der Waals surface area contributed by atoms with E-state index in [4.69, 9.17) is 0 Å². The minimum atomic E-state index is -0.151. The van der Waals surface area contributed by atoms with Crippen molar-refractivity contribution in [2.75, 3.05) is 53.4 Å². The van der Waals surface area contributed by atoms with Crippen LogP contribution in [0.4, 0.5) is 0 Å². The summed E-state index contributed by atoms with van der Waals surface area (Å²) in [5.74, 6) is 0.130. The van der Waals surface area contributed by atoms with Gasteiger partial charge in [0.15, 0.2) is 11.6 Å². The largest absolute Gasteiger partial charge is 0.325 e. The Morgan fingerprint density at radius 2 is 0.892 bits per heavy atom. The van der Waals surface area contributed by atoms with E-state index in [0.29, 0.717) is 6.42 Å². The number of rotatable bonds is 10. The fourth-order valence-electron chi connectivity index (χ4n) is 6.88. The normalized spacial score (nSPS) is 21.2. The number of likely N-dealkylation sites (tertiary alicyclic amines) is 2. The molecule has 0 saturated carbocycles. The van der Waals surface area contributed by atoms with Crippen LogP contribution in [-0.4, -0.2) is 73.9 Å². The molecule has 4 nitrogen and oxygen atoms in total. The molecule has 4 rings (SSSR count). The molecular formula is C33H48N2O2+2. The number of quaternary nitrogens is 2. The highest BCUT2D eigenvalue weighted by molar-refractivity contribution is 6.00. The first-order valence-corrected chi connectivity index (χ1v) is 14.7. The van der Waals surface area contributed by atoms with Crippen LogP contribution < -0.4 is 0 Å². The molecule has 0 N–H and O–H groups in total. The van der Waals surface area contributed by atoms with E-state index in [0.717, 1.165) is 59.4 Å². The van der Waals surface area contributed by atoms with Crippen molar-refractivity contribution in [1.82, 2.24) is 0 Å². The fourth-order valence-corrected chi connectivity index (χ4v) is 6.88. The molecule has 37 heavy (non-hydrogen) atoms. The highest BCUT2D eigenvalue weighted by Crippen LogP contribution is 2.29. The van der Waals surface area contributed by atoms with E-state index in [1.54, 1.807) is 0 Å². The van der Waals surface area contributed by atoms with Crippen molar-refractivity contribution in [2.24, 2.45) is 11.8 Å². The minimum absolute atomic E-state index is 0.151. The summed E-state index contributed by atoms with van der Waals surface area (Å²) in [6.45, 7) is 6.17. The second-order valence-corrected chi connectivity index (χ2v) is 12.4. The lowest BCUT2D eigenvalue weighted by Crippen LogP contribution is -2.52. The van der Waals surface area contributed by atoms with Crippen molar-refractivity contribution in [3.63, 3.8) is 0 Å². The number of carbonyl (C=O) groups excluding carboxylic acids is 2. The van der Waals surface area contributed by atoms with Gasteiger partial charge in [-0.1, -0.05) is 60.7 Å². The molecule has 2 saturated heterocycles. The molecule has 2 aromatic carbocycles. The smallest absolute Gasteiger partial charge is 0.171 e. The van der Waals surface area contributed by atoms with Crippen LogP contribution in [0.1, 0.15) is 78.5 Å². The quantitative estimate of drug-likeness (QED) is 0.277. The zero-order valence-electron chi connectivity index (χ0n) is 23.2. The van der Waals surface area contributed by atoms with Gasteiger partial charge in [0, 0.05) is 11.1 Å². The Bertz CT molecular complexity index is 906. The van der Waals surface area contributed by atoms with Crippen molar-refractivity contribution in [1.29, 1.82) is 0 Å². The van der Waals surface area contributed by atoms with Crippen LogP contribution in [0.5, 0.6) is 0 Å². The summed E-state index contributed by atoms with van der Waals surface area (Å²) in [5, 5.41) is 0. The van der Waals surface area contributed by atoms with Gasteiger partial charge in [-0.2, -0.15) is 0 Å². The van der Waals surface area contributed by atoms with Gasteiger partial charge in [0.25, 0.3) is 0 Å². The Hall–Kier alpha value is -2.30. The van der Waals surface area contributed by atoms with Gasteiger partial charge in [0.05, 0.1) is 65.2 Å². The predicted molar refractivity (Wildman–Crippen MR) is 152 cm³/mol. The van der Waals surface area contributed by atoms with Gasteiger partial charge < -0.3 is 8.97 Å². The fraction of sp³-hybridized carbons (Fsp3) is 0.576. The molecule has 2 aliphatic heterocycles. The maximum Gasteiger partial charge on any atom is 0.171 e. The van der Waals surface area contributed by atoms with Crippen molar-refractivity contribution in [2.45, 2.75) is 57.8 Å². The third-order valence-corrected chi connectivity index (χ3v) is 9.04. The monoisotopic (exact) mass is 504 g/mol. The van der Waals surface area contributed by atoms with Crippen LogP contribution in [0.3, 0.4) is 0 Å². The lowest BCUT2D eigenvalue weighted by Gasteiger charge is -2.39. The highest BCUT2D eigenvalue weighted by Gasteiger charge is 2.38. The van der Waals surface area contributed by atoms with Crippen LogP contribution in [0.2, 0.25) is 0 Å². The van der Waals surface area contributed by atoms with Crippen LogP contribution in [0.25, 0.3) is 0 Å². The Kier molecular flexibility index (Phi) is 9.72. The second-order valence-electron chi connectivity index (χ2n) is 12.4. The van der Waals surface area contributed by atoms with E-state index in [1.165, 1.54) is 51.4 Å². The topological polar surface area (TPSA) is 34.1 Å². The molecule has 0 bridgehead atoms. The lowest BCUT2D eigenvalue weighted by molar-refractivity contribution is -0.913. The molecule has 0 amide bonds. The standard InChI is InChI=1S/C33H48N2O2/c1-34(21-13-3-4-14-22-34)26-30(32(36)28-17-9-7-10-18-28)25-31(33(37)29-19-11-8-12-20-29)27-35(2)23-15-5-6-16-24-35/h7-12,17-20,30-31H,3-6,13-16,21-27H2,1-2H3/q+2. The van der Waals surface area contributed by atoms with E-state index in [2.05, 4.69) is 14.1 Å². The second kappa shape index (κ2) is 13.0. The number of hydrogen-bond acceptors (Lipinski definition) is 2. The molecule has 2 unspecified atom stereocenters. The maximum absolute atomic E-state index is 14.0. The van der Waals surface area contributed by atoms with Gasteiger partial charge in [-0.3, -0.25) is 9.59 Å². The summed E-state index contributed by atoms with van der Waals surface area (Å²) in [6.07, 6.45) is 10.7. The van der Waals surface area contributed by atoms with Gasteiger partial charge in [0.2, 0.25) is 0 Å². The van der Waals surface area contributed by atoms with Crippen LogP contribution in [0.15, 0.2) is 60.7 Å². The molecule has 2 atom stereocenters. The Labute approximate surface area is 224 Å². The van der Waals surface area contributed by atoms with Gasteiger partial charge >= 0.3 is 0 Å². The summed E-state index contributed by atoms with van der Waals surface area (Å²) in [5.41, 5.74) is 1.57. The summed E-state index contributed by atoms with van der Waals surface area (Å²) < 4.78 is 1.89. The minimum Gasteiger partial charge on any atom is -0.325 e. The van der Waals surface area contributed by atoms with E-state index in [9.17, 15) is 9.59 Å². The predicted octanol–water partition coefficient (Wildman–Crippen LogP) is 6.42. The molecule has 2 aliphatic rings. The van der Waals surface area contributed by atoms with E-state index in [-0.39, 0.29) is 23.4 Å². The molecular weight excluding hydrogens is 456 g/mol. The van der Waals surface area contributed by atoms with Crippen LogP contribution in [0, 0.1) is 11.8 Å². The Morgan fingerprint density at radius 3 is 1.22 bits per heavy atom. The SMILES string of the molecule is C[N+]1(CC(CC(C[N+]2(C)CCCCCC2)C(=O)c2ccccc2)C(=O)c2ccccc2)CCCCCC1. The molecule has 2 fully saturated rings. The number of carbonyl (C=O) groups is 2. The zero-order valence-corrected chi connectivity index (χ0v) is 23.2. The van der Waals surface area contributed by atoms with Gasteiger partial charge in [-0.25, -0.2) is 0 Å². The summed E-state index contributed by atoms with van der Waals surface area (Å²) >= 11 is 0. The first kappa shape index (κ1) is 27.7.